The minimum absolute atomic E-state index is 0.0365. The number of hydrogen-bond donors (Lipinski definition) is 0. The van der Waals surface area contributed by atoms with Crippen LogP contribution in [-0.4, -0.2) is 49.7 Å². The molecular weight excluding hydrogens is 383 g/mol. The summed E-state index contributed by atoms with van der Waals surface area (Å²) in [5.74, 6) is -0.423. The third-order valence-electron chi connectivity index (χ3n) is 4.55. The minimum Gasteiger partial charge on any atom is -0.343 e. The molecule has 1 saturated heterocycles. The maximum absolute atomic E-state index is 12.8. The van der Waals surface area contributed by atoms with E-state index in [4.69, 9.17) is 23.2 Å². The van der Waals surface area contributed by atoms with Crippen molar-refractivity contribution in [3.05, 3.63) is 33.8 Å². The minimum atomic E-state index is -3.54. The summed E-state index contributed by atoms with van der Waals surface area (Å²) in [6.45, 7) is 5.82. The van der Waals surface area contributed by atoms with Crippen LogP contribution in [0.1, 0.15) is 32.3 Å². The first-order valence-corrected chi connectivity index (χ1v) is 10.9. The molecule has 0 aliphatic carbocycles. The number of nitrogens with zero attached hydrogens (tertiary/aromatic N) is 2. The average Bonchev–Trinajstić information content (AvgIpc) is 2.58. The topological polar surface area (TPSA) is 57.7 Å². The smallest absolute Gasteiger partial charge is 0.226 e. The summed E-state index contributed by atoms with van der Waals surface area (Å²) in [5.41, 5.74) is 0.517. The number of halogens is 2. The van der Waals surface area contributed by atoms with E-state index in [0.717, 1.165) is 6.42 Å². The Morgan fingerprint density at radius 1 is 1.28 bits per heavy atom. The SMILES string of the molecule is CCN(CC)C(=O)C1CCCN(S(=O)(=O)Cc2ccc(Cl)cc2Cl)C1. The molecule has 2 rings (SSSR count). The molecule has 1 aliphatic heterocycles. The van der Waals surface area contributed by atoms with Crippen LogP contribution < -0.4 is 0 Å². The van der Waals surface area contributed by atoms with E-state index in [-0.39, 0.29) is 24.1 Å². The van der Waals surface area contributed by atoms with Gasteiger partial charge < -0.3 is 4.90 Å². The van der Waals surface area contributed by atoms with Gasteiger partial charge in [0.2, 0.25) is 15.9 Å². The standard InChI is InChI=1S/C17H24Cl2N2O3S/c1-3-20(4-2)17(22)13-6-5-9-21(11-13)25(23,24)12-14-7-8-15(18)10-16(14)19/h7-8,10,13H,3-6,9,11-12H2,1-2H3. The van der Waals surface area contributed by atoms with E-state index >= 15 is 0 Å². The Kier molecular flexibility index (Phi) is 7.14. The van der Waals surface area contributed by atoms with Crippen LogP contribution >= 0.6 is 23.2 Å². The molecule has 0 radical (unpaired) electrons. The Balaban J connectivity index is 2.12. The largest absolute Gasteiger partial charge is 0.343 e. The fourth-order valence-electron chi connectivity index (χ4n) is 3.12. The van der Waals surface area contributed by atoms with Crippen molar-refractivity contribution in [2.45, 2.75) is 32.4 Å². The number of piperidine rings is 1. The number of rotatable bonds is 6. The predicted molar refractivity (Wildman–Crippen MR) is 101 cm³/mol. The number of sulfonamides is 1. The Labute approximate surface area is 159 Å². The molecular formula is C17H24Cl2N2O3S. The summed E-state index contributed by atoms with van der Waals surface area (Å²) in [5, 5.41) is 0.804. The molecule has 0 bridgehead atoms. The van der Waals surface area contributed by atoms with E-state index in [1.165, 1.54) is 10.4 Å². The summed E-state index contributed by atoms with van der Waals surface area (Å²) in [6.07, 6.45) is 1.41. The van der Waals surface area contributed by atoms with E-state index in [0.29, 0.717) is 41.7 Å². The van der Waals surface area contributed by atoms with Gasteiger partial charge in [-0.15, -0.1) is 0 Å². The summed E-state index contributed by atoms with van der Waals surface area (Å²) >= 11 is 12.0. The lowest BCUT2D eigenvalue weighted by Crippen LogP contribution is -2.47. The Bertz CT molecular complexity index is 721. The second-order valence-electron chi connectivity index (χ2n) is 6.20. The Morgan fingerprint density at radius 3 is 2.56 bits per heavy atom. The Morgan fingerprint density at radius 2 is 1.96 bits per heavy atom. The zero-order valence-electron chi connectivity index (χ0n) is 14.5. The van der Waals surface area contributed by atoms with Gasteiger partial charge in [0, 0.05) is 36.2 Å². The van der Waals surface area contributed by atoms with E-state index in [9.17, 15) is 13.2 Å². The highest BCUT2D eigenvalue weighted by Gasteiger charge is 2.34. The molecule has 0 N–H and O–H groups in total. The van der Waals surface area contributed by atoms with Gasteiger partial charge in [-0.1, -0.05) is 29.3 Å². The zero-order valence-corrected chi connectivity index (χ0v) is 16.9. The van der Waals surface area contributed by atoms with E-state index in [2.05, 4.69) is 0 Å². The molecule has 0 spiro atoms. The molecule has 1 aromatic rings. The van der Waals surface area contributed by atoms with Crippen molar-refractivity contribution < 1.29 is 13.2 Å². The number of amides is 1. The normalized spacial score (nSPS) is 19.0. The molecule has 1 aromatic carbocycles. The first kappa shape index (κ1) is 20.5. The second kappa shape index (κ2) is 8.71. The molecule has 1 atom stereocenters. The molecule has 0 aromatic heterocycles. The molecule has 25 heavy (non-hydrogen) atoms. The summed E-state index contributed by atoms with van der Waals surface area (Å²) < 4.78 is 27.0. The maximum Gasteiger partial charge on any atom is 0.226 e. The van der Waals surface area contributed by atoms with E-state index in [1.54, 1.807) is 17.0 Å². The fraction of sp³-hybridized carbons (Fsp3) is 0.588. The molecule has 5 nitrogen and oxygen atoms in total. The van der Waals surface area contributed by atoms with Gasteiger partial charge in [0.05, 0.1) is 11.7 Å². The summed E-state index contributed by atoms with van der Waals surface area (Å²) in [7, 11) is -3.54. The van der Waals surface area contributed by atoms with Crippen molar-refractivity contribution in [3.63, 3.8) is 0 Å². The van der Waals surface area contributed by atoms with Gasteiger partial charge in [-0.2, -0.15) is 0 Å². The van der Waals surface area contributed by atoms with Gasteiger partial charge in [0.25, 0.3) is 0 Å². The first-order chi connectivity index (χ1) is 11.8. The van der Waals surface area contributed by atoms with E-state index < -0.39 is 10.0 Å². The quantitative estimate of drug-likeness (QED) is 0.726. The van der Waals surface area contributed by atoms with Gasteiger partial charge in [-0.05, 0) is 44.4 Å². The third kappa shape index (κ3) is 5.09. The van der Waals surface area contributed by atoms with Crippen LogP contribution in [-0.2, 0) is 20.6 Å². The number of carbonyl (C=O) groups excluding carboxylic acids is 1. The van der Waals surface area contributed by atoms with Crippen molar-refractivity contribution in [1.82, 2.24) is 9.21 Å². The highest BCUT2D eigenvalue weighted by Crippen LogP contribution is 2.26. The lowest BCUT2D eigenvalue weighted by Gasteiger charge is -2.33. The first-order valence-electron chi connectivity index (χ1n) is 8.49. The maximum atomic E-state index is 12.8. The lowest BCUT2D eigenvalue weighted by atomic mass is 9.98. The van der Waals surface area contributed by atoms with Crippen molar-refractivity contribution in [1.29, 1.82) is 0 Å². The molecule has 8 heteroatoms. The third-order valence-corrected chi connectivity index (χ3v) is 6.94. The highest BCUT2D eigenvalue weighted by atomic mass is 35.5. The van der Waals surface area contributed by atoms with Gasteiger partial charge in [0.15, 0.2) is 0 Å². The lowest BCUT2D eigenvalue weighted by molar-refractivity contribution is -0.136. The summed E-state index contributed by atoms with van der Waals surface area (Å²) in [4.78, 5) is 14.3. The van der Waals surface area contributed by atoms with Crippen molar-refractivity contribution >= 4 is 39.1 Å². The van der Waals surface area contributed by atoms with Crippen molar-refractivity contribution in [2.24, 2.45) is 5.92 Å². The monoisotopic (exact) mass is 406 g/mol. The number of carbonyl (C=O) groups is 1. The summed E-state index contributed by atoms with van der Waals surface area (Å²) in [6, 6.07) is 4.79. The predicted octanol–water partition coefficient (Wildman–Crippen LogP) is 3.40. The van der Waals surface area contributed by atoms with E-state index in [1.807, 2.05) is 13.8 Å². The average molecular weight is 407 g/mol. The molecule has 1 unspecified atom stereocenters. The molecule has 1 amide bonds. The van der Waals surface area contributed by atoms with Gasteiger partial charge in [-0.3, -0.25) is 4.79 Å². The van der Waals surface area contributed by atoms with Crippen LogP contribution in [0.2, 0.25) is 10.0 Å². The molecule has 140 valence electrons. The highest BCUT2D eigenvalue weighted by molar-refractivity contribution is 7.88. The number of hydrogen-bond acceptors (Lipinski definition) is 3. The van der Waals surface area contributed by atoms with Crippen LogP contribution in [0.15, 0.2) is 18.2 Å². The van der Waals surface area contributed by atoms with Crippen LogP contribution in [0.4, 0.5) is 0 Å². The van der Waals surface area contributed by atoms with Gasteiger partial charge >= 0.3 is 0 Å². The van der Waals surface area contributed by atoms with Gasteiger partial charge in [0.1, 0.15) is 0 Å². The fourth-order valence-corrected chi connectivity index (χ4v) is 5.31. The Hall–Kier alpha value is -0.820. The van der Waals surface area contributed by atoms with Gasteiger partial charge in [-0.25, -0.2) is 12.7 Å². The molecule has 1 heterocycles. The van der Waals surface area contributed by atoms with Crippen LogP contribution in [0.3, 0.4) is 0 Å². The van der Waals surface area contributed by atoms with Crippen LogP contribution in [0.25, 0.3) is 0 Å². The van der Waals surface area contributed by atoms with Crippen LogP contribution in [0.5, 0.6) is 0 Å². The molecule has 1 aliphatic rings. The molecule has 0 saturated carbocycles. The zero-order chi connectivity index (χ0) is 18.6. The molecule has 1 fully saturated rings. The number of benzene rings is 1. The second-order valence-corrected chi connectivity index (χ2v) is 9.01. The van der Waals surface area contributed by atoms with Crippen LogP contribution in [0, 0.1) is 5.92 Å². The van der Waals surface area contributed by atoms with Crippen molar-refractivity contribution in [2.75, 3.05) is 26.2 Å². The van der Waals surface area contributed by atoms with Crippen molar-refractivity contribution in [3.8, 4) is 0 Å².